The number of allylic oxidation sites excluding steroid dienone is 1. The van der Waals surface area contributed by atoms with Crippen molar-refractivity contribution in [2.45, 2.75) is 33.1 Å². The Labute approximate surface area is 91.8 Å². The van der Waals surface area contributed by atoms with Gasteiger partial charge in [-0.2, -0.15) is 0 Å². The van der Waals surface area contributed by atoms with Crippen LogP contribution in [0.15, 0.2) is 30.3 Å². The van der Waals surface area contributed by atoms with Crippen LogP contribution < -0.4 is 0 Å². The maximum Gasteiger partial charge on any atom is 0.155 e. The van der Waals surface area contributed by atoms with E-state index in [0.29, 0.717) is 6.42 Å². The summed E-state index contributed by atoms with van der Waals surface area (Å²) < 4.78 is 0. The fourth-order valence-electron chi connectivity index (χ4n) is 1.30. The minimum atomic E-state index is 0.220. The molecular formula is C14H18O. The normalized spacial score (nSPS) is 10.8. The molecule has 0 bridgehead atoms. The first-order valence-electron chi connectivity index (χ1n) is 5.50. The van der Waals surface area contributed by atoms with Crippen LogP contribution in [0.4, 0.5) is 0 Å². The second-order valence-electron chi connectivity index (χ2n) is 3.81. The van der Waals surface area contributed by atoms with Gasteiger partial charge >= 0.3 is 0 Å². The van der Waals surface area contributed by atoms with E-state index in [9.17, 15) is 4.79 Å². The number of aryl methyl sites for hydroxylation is 1. The Morgan fingerprint density at radius 2 is 1.93 bits per heavy atom. The highest BCUT2D eigenvalue weighted by Gasteiger charge is 1.94. The van der Waals surface area contributed by atoms with Gasteiger partial charge in [0.1, 0.15) is 0 Å². The molecule has 0 aliphatic heterocycles. The number of benzene rings is 1. The first-order chi connectivity index (χ1) is 7.22. The molecule has 0 saturated carbocycles. The molecule has 0 N–H and O–H groups in total. The highest BCUT2D eigenvalue weighted by molar-refractivity contribution is 5.93. The average molecular weight is 202 g/mol. The van der Waals surface area contributed by atoms with Gasteiger partial charge in [0.25, 0.3) is 0 Å². The summed E-state index contributed by atoms with van der Waals surface area (Å²) in [5.74, 6) is 0.220. The van der Waals surface area contributed by atoms with Crippen LogP contribution >= 0.6 is 0 Å². The van der Waals surface area contributed by atoms with Crippen molar-refractivity contribution in [3.8, 4) is 0 Å². The zero-order chi connectivity index (χ0) is 11.1. The van der Waals surface area contributed by atoms with Crippen LogP contribution in [0.3, 0.4) is 0 Å². The van der Waals surface area contributed by atoms with Gasteiger partial charge in [0.2, 0.25) is 0 Å². The number of carbonyl (C=O) groups is 1. The summed E-state index contributed by atoms with van der Waals surface area (Å²) in [5.41, 5.74) is 2.33. The quantitative estimate of drug-likeness (QED) is 0.664. The van der Waals surface area contributed by atoms with Crippen molar-refractivity contribution >= 4 is 11.9 Å². The minimum absolute atomic E-state index is 0.220. The summed E-state index contributed by atoms with van der Waals surface area (Å²) in [5, 5.41) is 0. The van der Waals surface area contributed by atoms with Crippen molar-refractivity contribution in [3.63, 3.8) is 0 Å². The van der Waals surface area contributed by atoms with E-state index in [1.54, 1.807) is 6.08 Å². The molecule has 80 valence electrons. The molecule has 0 aliphatic rings. The smallest absolute Gasteiger partial charge is 0.155 e. The molecule has 0 amide bonds. The van der Waals surface area contributed by atoms with Gasteiger partial charge in [0, 0.05) is 6.42 Å². The van der Waals surface area contributed by atoms with Gasteiger partial charge in [-0.3, -0.25) is 4.79 Å². The molecule has 1 nitrogen and oxygen atoms in total. The summed E-state index contributed by atoms with van der Waals surface area (Å²) in [6.45, 7) is 4.15. The Bertz CT molecular complexity index is 333. The SMILES string of the molecule is CCCCC(=O)/C=C/c1ccc(C)cc1. The van der Waals surface area contributed by atoms with E-state index in [2.05, 4.69) is 26.0 Å². The second-order valence-corrected chi connectivity index (χ2v) is 3.81. The van der Waals surface area contributed by atoms with Crippen LogP contribution in [0.1, 0.15) is 37.3 Å². The number of hydrogen-bond donors (Lipinski definition) is 0. The van der Waals surface area contributed by atoms with Crippen LogP contribution in [-0.4, -0.2) is 5.78 Å². The van der Waals surface area contributed by atoms with Gasteiger partial charge in [-0.15, -0.1) is 0 Å². The zero-order valence-electron chi connectivity index (χ0n) is 9.49. The molecule has 0 aromatic heterocycles. The zero-order valence-corrected chi connectivity index (χ0v) is 9.49. The Balaban J connectivity index is 2.50. The summed E-state index contributed by atoms with van der Waals surface area (Å²) in [7, 11) is 0. The van der Waals surface area contributed by atoms with Gasteiger partial charge < -0.3 is 0 Å². The first kappa shape index (κ1) is 11.7. The summed E-state index contributed by atoms with van der Waals surface area (Å²) in [6, 6.07) is 8.16. The number of rotatable bonds is 5. The number of ketones is 1. The summed E-state index contributed by atoms with van der Waals surface area (Å²) >= 11 is 0. The molecule has 1 rings (SSSR count). The minimum Gasteiger partial charge on any atom is -0.295 e. The van der Waals surface area contributed by atoms with E-state index in [-0.39, 0.29) is 5.78 Å². The standard InChI is InChI=1S/C14H18O/c1-3-4-5-14(15)11-10-13-8-6-12(2)7-9-13/h6-11H,3-5H2,1-2H3/b11-10+. The van der Waals surface area contributed by atoms with Gasteiger partial charge in [-0.25, -0.2) is 0 Å². The van der Waals surface area contributed by atoms with Crippen LogP contribution in [0.5, 0.6) is 0 Å². The third kappa shape index (κ3) is 4.59. The van der Waals surface area contributed by atoms with Crippen molar-refractivity contribution in [1.29, 1.82) is 0 Å². The Hall–Kier alpha value is -1.37. The van der Waals surface area contributed by atoms with Crippen LogP contribution in [0.25, 0.3) is 6.08 Å². The molecule has 15 heavy (non-hydrogen) atoms. The topological polar surface area (TPSA) is 17.1 Å². The highest BCUT2D eigenvalue weighted by atomic mass is 16.1. The lowest BCUT2D eigenvalue weighted by atomic mass is 10.1. The predicted octanol–water partition coefficient (Wildman–Crippen LogP) is 3.77. The summed E-state index contributed by atoms with van der Waals surface area (Å²) in [4.78, 5) is 11.4. The maximum atomic E-state index is 11.4. The van der Waals surface area contributed by atoms with E-state index in [4.69, 9.17) is 0 Å². The average Bonchev–Trinajstić information content (AvgIpc) is 2.25. The molecule has 1 aromatic carbocycles. The molecule has 0 aliphatic carbocycles. The van der Waals surface area contributed by atoms with Gasteiger partial charge in [-0.1, -0.05) is 49.2 Å². The van der Waals surface area contributed by atoms with Crippen LogP contribution in [0.2, 0.25) is 0 Å². The lowest BCUT2D eigenvalue weighted by Crippen LogP contribution is -1.90. The molecule has 0 fully saturated rings. The second kappa shape index (κ2) is 6.18. The first-order valence-corrected chi connectivity index (χ1v) is 5.50. The van der Waals surface area contributed by atoms with E-state index in [0.717, 1.165) is 18.4 Å². The van der Waals surface area contributed by atoms with Crippen molar-refractivity contribution in [3.05, 3.63) is 41.5 Å². The molecule has 1 aromatic rings. The highest BCUT2D eigenvalue weighted by Crippen LogP contribution is 2.06. The van der Waals surface area contributed by atoms with Gasteiger partial charge in [0.15, 0.2) is 5.78 Å². The van der Waals surface area contributed by atoms with Crippen molar-refractivity contribution in [2.75, 3.05) is 0 Å². The fraction of sp³-hybridized carbons (Fsp3) is 0.357. The van der Waals surface area contributed by atoms with Crippen LogP contribution in [0, 0.1) is 6.92 Å². The molecule has 0 heterocycles. The molecule has 1 heteroatoms. The molecule has 0 atom stereocenters. The molecule has 0 radical (unpaired) electrons. The Morgan fingerprint density at radius 1 is 1.27 bits per heavy atom. The Morgan fingerprint density at radius 3 is 2.53 bits per heavy atom. The van der Waals surface area contributed by atoms with E-state index < -0.39 is 0 Å². The fourth-order valence-corrected chi connectivity index (χ4v) is 1.30. The maximum absolute atomic E-state index is 11.4. The third-order valence-electron chi connectivity index (χ3n) is 2.32. The molecule has 0 saturated heterocycles. The number of carbonyl (C=O) groups excluding carboxylic acids is 1. The molecule has 0 spiro atoms. The Kier molecular flexibility index (Phi) is 4.82. The monoisotopic (exact) mass is 202 g/mol. The molecular weight excluding hydrogens is 184 g/mol. The lowest BCUT2D eigenvalue weighted by Gasteiger charge is -1.95. The number of hydrogen-bond acceptors (Lipinski definition) is 1. The van der Waals surface area contributed by atoms with Crippen molar-refractivity contribution in [2.24, 2.45) is 0 Å². The molecule has 0 unspecified atom stereocenters. The van der Waals surface area contributed by atoms with E-state index >= 15 is 0 Å². The van der Waals surface area contributed by atoms with Crippen LogP contribution in [-0.2, 0) is 4.79 Å². The van der Waals surface area contributed by atoms with Gasteiger partial charge in [0.05, 0.1) is 0 Å². The van der Waals surface area contributed by atoms with E-state index in [1.165, 1.54) is 5.56 Å². The van der Waals surface area contributed by atoms with Crippen molar-refractivity contribution in [1.82, 2.24) is 0 Å². The van der Waals surface area contributed by atoms with Crippen molar-refractivity contribution < 1.29 is 4.79 Å². The summed E-state index contributed by atoms with van der Waals surface area (Å²) in [6.07, 6.45) is 6.29. The van der Waals surface area contributed by atoms with E-state index in [1.807, 2.05) is 18.2 Å². The van der Waals surface area contributed by atoms with Gasteiger partial charge in [-0.05, 0) is 25.0 Å². The largest absolute Gasteiger partial charge is 0.295 e. The third-order valence-corrected chi connectivity index (χ3v) is 2.32. The number of unbranched alkanes of at least 4 members (excludes halogenated alkanes) is 1. The lowest BCUT2D eigenvalue weighted by molar-refractivity contribution is -0.114. The predicted molar refractivity (Wildman–Crippen MR) is 64.7 cm³/mol.